The molecule has 1 aliphatic rings. The Hall–Kier alpha value is -2.15. The van der Waals surface area contributed by atoms with E-state index in [1.165, 1.54) is 0 Å². The van der Waals surface area contributed by atoms with Crippen LogP contribution in [-0.2, 0) is 4.74 Å². The molecule has 112 valence electrons. The molecule has 1 aromatic heterocycles. The molecule has 7 nitrogen and oxygen atoms in total. The summed E-state index contributed by atoms with van der Waals surface area (Å²) in [4.78, 5) is 0. The van der Waals surface area contributed by atoms with Crippen molar-refractivity contribution in [2.45, 2.75) is 31.4 Å². The number of benzene rings is 1. The Kier molecular flexibility index (Phi) is 3.74. The highest BCUT2D eigenvalue weighted by molar-refractivity contribution is 5.73. The first kappa shape index (κ1) is 13.8. The van der Waals surface area contributed by atoms with Crippen LogP contribution in [0.2, 0.25) is 0 Å². The van der Waals surface area contributed by atoms with E-state index in [-0.39, 0.29) is 12.1 Å². The van der Waals surface area contributed by atoms with E-state index in [0.29, 0.717) is 11.5 Å². The molecule has 2 N–H and O–H groups in total. The summed E-state index contributed by atoms with van der Waals surface area (Å²) in [5, 5.41) is 12.1. The maximum absolute atomic E-state index is 6.07. The van der Waals surface area contributed by atoms with Crippen molar-refractivity contribution in [3.8, 4) is 17.1 Å². The van der Waals surface area contributed by atoms with Crippen LogP contribution in [0, 0.1) is 0 Å². The summed E-state index contributed by atoms with van der Waals surface area (Å²) in [5.74, 6) is 1.38. The molecule has 2 aromatic rings. The van der Waals surface area contributed by atoms with E-state index in [2.05, 4.69) is 15.5 Å². The van der Waals surface area contributed by atoms with Crippen molar-refractivity contribution in [2.24, 2.45) is 0 Å². The Morgan fingerprint density at radius 1 is 1.29 bits per heavy atom. The molecule has 1 heterocycles. The van der Waals surface area contributed by atoms with Gasteiger partial charge in [0.25, 0.3) is 0 Å². The van der Waals surface area contributed by atoms with Crippen molar-refractivity contribution < 1.29 is 9.47 Å². The first-order chi connectivity index (χ1) is 10.2. The molecule has 1 saturated carbocycles. The third kappa shape index (κ3) is 2.44. The van der Waals surface area contributed by atoms with Crippen molar-refractivity contribution in [3.05, 3.63) is 18.2 Å². The molecule has 0 bridgehead atoms. The van der Waals surface area contributed by atoms with Crippen LogP contribution in [-0.4, -0.2) is 40.5 Å². The predicted octanol–water partition coefficient (Wildman–Crippen LogP) is 1.67. The number of nitrogen functional groups attached to an aromatic ring is 1. The minimum absolute atomic E-state index is 0.138. The zero-order valence-electron chi connectivity index (χ0n) is 12.2. The first-order valence-corrected chi connectivity index (χ1v) is 6.99. The fourth-order valence-electron chi connectivity index (χ4n) is 2.91. The van der Waals surface area contributed by atoms with Gasteiger partial charge < -0.3 is 15.2 Å². The normalized spacial score (nSPS) is 21.6. The number of hydrogen-bond donors (Lipinski definition) is 1. The van der Waals surface area contributed by atoms with E-state index in [0.717, 1.165) is 30.6 Å². The molecule has 1 aliphatic carbocycles. The number of ether oxygens (including phenoxy) is 2. The molecule has 2 unspecified atom stereocenters. The zero-order chi connectivity index (χ0) is 14.8. The number of nitrogens with two attached hydrogens (primary N) is 1. The van der Waals surface area contributed by atoms with E-state index in [9.17, 15) is 0 Å². The lowest BCUT2D eigenvalue weighted by atomic mass is 10.1. The van der Waals surface area contributed by atoms with E-state index in [1.54, 1.807) is 20.3 Å². The summed E-state index contributed by atoms with van der Waals surface area (Å²) in [5.41, 5.74) is 7.48. The third-order valence-corrected chi connectivity index (χ3v) is 4.03. The Labute approximate surface area is 123 Å². The van der Waals surface area contributed by atoms with Gasteiger partial charge in [0.05, 0.1) is 19.3 Å². The standard InChI is InChI=1S/C14H19N5O2/c1-20-9-6-7-11(15)10(8-9)14-16-17-18-19(14)12-4-3-5-13(12)21-2/h6-8,12-13H,3-5,15H2,1-2H3. The number of hydrogen-bond acceptors (Lipinski definition) is 6. The lowest BCUT2D eigenvalue weighted by molar-refractivity contribution is 0.0708. The Morgan fingerprint density at radius 2 is 2.14 bits per heavy atom. The largest absolute Gasteiger partial charge is 0.497 e. The van der Waals surface area contributed by atoms with Gasteiger partial charge in [-0.25, -0.2) is 4.68 Å². The topological polar surface area (TPSA) is 88.1 Å². The predicted molar refractivity (Wildman–Crippen MR) is 77.9 cm³/mol. The van der Waals surface area contributed by atoms with Gasteiger partial charge in [0.1, 0.15) is 5.75 Å². The minimum Gasteiger partial charge on any atom is -0.497 e. The summed E-state index contributed by atoms with van der Waals surface area (Å²) in [7, 11) is 3.35. The Bertz CT molecular complexity index is 628. The van der Waals surface area contributed by atoms with Gasteiger partial charge in [-0.2, -0.15) is 0 Å². The van der Waals surface area contributed by atoms with Gasteiger partial charge in [-0.1, -0.05) is 0 Å². The van der Waals surface area contributed by atoms with Crippen LogP contribution in [0.15, 0.2) is 18.2 Å². The summed E-state index contributed by atoms with van der Waals surface area (Å²) >= 11 is 0. The van der Waals surface area contributed by atoms with E-state index < -0.39 is 0 Å². The molecule has 0 spiro atoms. The monoisotopic (exact) mass is 289 g/mol. The average Bonchev–Trinajstić information content (AvgIpc) is 3.15. The van der Waals surface area contributed by atoms with Gasteiger partial charge in [0, 0.05) is 18.4 Å². The van der Waals surface area contributed by atoms with Gasteiger partial charge >= 0.3 is 0 Å². The lowest BCUT2D eigenvalue weighted by Crippen LogP contribution is -2.22. The molecule has 7 heteroatoms. The third-order valence-electron chi connectivity index (χ3n) is 4.03. The van der Waals surface area contributed by atoms with Crippen LogP contribution in [0.5, 0.6) is 5.75 Å². The number of nitrogens with zero attached hydrogens (tertiary/aromatic N) is 4. The molecule has 1 fully saturated rings. The van der Waals surface area contributed by atoms with Gasteiger partial charge in [-0.15, -0.1) is 5.10 Å². The molecule has 1 aromatic carbocycles. The molecular formula is C14H19N5O2. The molecule has 0 aliphatic heterocycles. The molecule has 0 radical (unpaired) electrons. The van der Waals surface area contributed by atoms with Crippen molar-refractivity contribution in [3.63, 3.8) is 0 Å². The van der Waals surface area contributed by atoms with Crippen molar-refractivity contribution in [1.29, 1.82) is 0 Å². The number of anilines is 1. The molecule has 0 saturated heterocycles. The smallest absolute Gasteiger partial charge is 0.184 e. The molecule has 2 atom stereocenters. The molecule has 21 heavy (non-hydrogen) atoms. The van der Waals surface area contributed by atoms with Crippen LogP contribution in [0.25, 0.3) is 11.4 Å². The van der Waals surface area contributed by atoms with Crippen LogP contribution in [0.4, 0.5) is 5.69 Å². The highest BCUT2D eigenvalue weighted by atomic mass is 16.5. The van der Waals surface area contributed by atoms with Crippen LogP contribution >= 0.6 is 0 Å². The van der Waals surface area contributed by atoms with Crippen molar-refractivity contribution in [1.82, 2.24) is 20.2 Å². The molecule has 0 amide bonds. The van der Waals surface area contributed by atoms with Gasteiger partial charge in [0.2, 0.25) is 0 Å². The fourth-order valence-corrected chi connectivity index (χ4v) is 2.91. The highest BCUT2D eigenvalue weighted by Gasteiger charge is 2.32. The first-order valence-electron chi connectivity index (χ1n) is 6.99. The maximum atomic E-state index is 6.07. The van der Waals surface area contributed by atoms with Gasteiger partial charge in [-0.05, 0) is 47.9 Å². The van der Waals surface area contributed by atoms with E-state index in [1.807, 2.05) is 16.8 Å². The Balaban J connectivity index is 2.03. The van der Waals surface area contributed by atoms with E-state index in [4.69, 9.17) is 15.2 Å². The van der Waals surface area contributed by atoms with Crippen molar-refractivity contribution in [2.75, 3.05) is 20.0 Å². The maximum Gasteiger partial charge on any atom is 0.184 e. The lowest BCUT2D eigenvalue weighted by Gasteiger charge is -2.19. The van der Waals surface area contributed by atoms with Crippen LogP contribution in [0.1, 0.15) is 25.3 Å². The summed E-state index contributed by atoms with van der Waals surface area (Å²) < 4.78 is 12.6. The average molecular weight is 289 g/mol. The second-order valence-corrected chi connectivity index (χ2v) is 5.17. The second-order valence-electron chi connectivity index (χ2n) is 5.17. The SMILES string of the molecule is COc1ccc(N)c(-c2nnnn2C2CCCC2OC)c1. The summed E-state index contributed by atoms with van der Waals surface area (Å²) in [6.07, 6.45) is 3.27. The van der Waals surface area contributed by atoms with Gasteiger partial charge in [-0.3, -0.25) is 0 Å². The van der Waals surface area contributed by atoms with Crippen molar-refractivity contribution >= 4 is 5.69 Å². The second kappa shape index (κ2) is 5.69. The molecule has 3 rings (SSSR count). The van der Waals surface area contributed by atoms with Crippen LogP contribution < -0.4 is 10.5 Å². The Morgan fingerprint density at radius 3 is 2.90 bits per heavy atom. The number of rotatable bonds is 4. The number of aromatic nitrogens is 4. The fraction of sp³-hybridized carbons (Fsp3) is 0.500. The number of tetrazole rings is 1. The van der Waals surface area contributed by atoms with Crippen LogP contribution in [0.3, 0.4) is 0 Å². The molecular weight excluding hydrogens is 270 g/mol. The number of methoxy groups -OCH3 is 2. The van der Waals surface area contributed by atoms with E-state index >= 15 is 0 Å². The van der Waals surface area contributed by atoms with Gasteiger partial charge in [0.15, 0.2) is 5.82 Å². The summed E-state index contributed by atoms with van der Waals surface area (Å²) in [6.45, 7) is 0. The minimum atomic E-state index is 0.138. The zero-order valence-corrected chi connectivity index (χ0v) is 12.2. The quantitative estimate of drug-likeness (QED) is 0.861. The highest BCUT2D eigenvalue weighted by Crippen LogP contribution is 2.36. The summed E-state index contributed by atoms with van der Waals surface area (Å²) in [6, 6.07) is 5.62.